The number of hydrogen-bond donors (Lipinski definition) is 0. The molecule has 0 N–H and O–H groups in total. The number of pyridine rings is 1. The highest BCUT2D eigenvalue weighted by Crippen LogP contribution is 2.18. The molecule has 0 bridgehead atoms. The van der Waals surface area contributed by atoms with Crippen LogP contribution in [0.2, 0.25) is 0 Å². The smallest absolute Gasteiger partial charge is 0.272 e. The topological polar surface area (TPSA) is 59.3 Å². The van der Waals surface area contributed by atoms with Crippen LogP contribution in [0.15, 0.2) is 42.6 Å². The standard InChI is InChI=1S/C15H16FN3O2/c1-2-18(11-13-5-3-4-8-17-13)10-12-6-7-14(19(20)21)9-15(12)16/h3-9H,2,10-11H2,1H3. The molecule has 2 rings (SSSR count). The Labute approximate surface area is 122 Å². The Hall–Kier alpha value is -2.34. The summed E-state index contributed by atoms with van der Waals surface area (Å²) in [5, 5.41) is 10.6. The lowest BCUT2D eigenvalue weighted by Gasteiger charge is -2.20. The van der Waals surface area contributed by atoms with E-state index in [1.807, 2.05) is 30.0 Å². The Kier molecular flexibility index (Phi) is 4.94. The van der Waals surface area contributed by atoms with Gasteiger partial charge in [-0.15, -0.1) is 0 Å². The highest BCUT2D eigenvalue weighted by atomic mass is 19.1. The molecular formula is C15H16FN3O2. The third-order valence-corrected chi connectivity index (χ3v) is 3.20. The molecule has 0 fully saturated rings. The lowest BCUT2D eigenvalue weighted by Crippen LogP contribution is -2.23. The maximum atomic E-state index is 13.9. The quantitative estimate of drug-likeness (QED) is 0.605. The lowest BCUT2D eigenvalue weighted by molar-refractivity contribution is -0.385. The third-order valence-electron chi connectivity index (χ3n) is 3.20. The Balaban J connectivity index is 2.10. The van der Waals surface area contributed by atoms with E-state index in [2.05, 4.69) is 4.98 Å². The average Bonchev–Trinajstić information content (AvgIpc) is 2.49. The maximum Gasteiger partial charge on any atom is 0.272 e. The van der Waals surface area contributed by atoms with Gasteiger partial charge in [0.05, 0.1) is 16.7 Å². The number of halogens is 1. The minimum absolute atomic E-state index is 0.232. The molecule has 0 spiro atoms. The Morgan fingerprint density at radius 2 is 2.10 bits per heavy atom. The van der Waals surface area contributed by atoms with Gasteiger partial charge < -0.3 is 0 Å². The van der Waals surface area contributed by atoms with E-state index in [4.69, 9.17) is 0 Å². The number of nitrogens with zero attached hydrogens (tertiary/aromatic N) is 3. The molecule has 0 saturated heterocycles. The molecule has 1 aromatic carbocycles. The fourth-order valence-electron chi connectivity index (χ4n) is 2.02. The van der Waals surface area contributed by atoms with Crippen LogP contribution in [0.3, 0.4) is 0 Å². The van der Waals surface area contributed by atoms with Gasteiger partial charge in [0, 0.05) is 30.9 Å². The van der Waals surface area contributed by atoms with Gasteiger partial charge in [-0.05, 0) is 24.7 Å². The minimum atomic E-state index is -0.599. The number of hydrogen-bond acceptors (Lipinski definition) is 4. The summed E-state index contributed by atoms with van der Waals surface area (Å²) in [5.74, 6) is -0.552. The molecule has 6 heteroatoms. The van der Waals surface area contributed by atoms with Crippen molar-refractivity contribution in [1.82, 2.24) is 9.88 Å². The number of rotatable bonds is 6. The summed E-state index contributed by atoms with van der Waals surface area (Å²) < 4.78 is 13.9. The van der Waals surface area contributed by atoms with Crippen molar-refractivity contribution in [3.63, 3.8) is 0 Å². The second kappa shape index (κ2) is 6.90. The molecule has 0 aliphatic carbocycles. The Morgan fingerprint density at radius 1 is 1.29 bits per heavy atom. The van der Waals surface area contributed by atoms with Crippen molar-refractivity contribution in [3.05, 3.63) is 69.8 Å². The molecule has 110 valence electrons. The molecule has 2 aromatic rings. The van der Waals surface area contributed by atoms with Gasteiger partial charge >= 0.3 is 0 Å². The van der Waals surface area contributed by atoms with Gasteiger partial charge in [0.25, 0.3) is 5.69 Å². The van der Waals surface area contributed by atoms with E-state index in [0.717, 1.165) is 18.3 Å². The zero-order valence-corrected chi connectivity index (χ0v) is 11.7. The molecule has 1 heterocycles. The first-order chi connectivity index (χ1) is 10.1. The number of nitro benzene ring substituents is 1. The van der Waals surface area contributed by atoms with Crippen LogP contribution >= 0.6 is 0 Å². The normalized spacial score (nSPS) is 10.8. The number of nitro groups is 1. The summed E-state index contributed by atoms with van der Waals surface area (Å²) in [4.78, 5) is 16.3. The summed E-state index contributed by atoms with van der Waals surface area (Å²) in [7, 11) is 0. The molecule has 0 atom stereocenters. The summed E-state index contributed by atoms with van der Waals surface area (Å²) in [6, 6.07) is 9.42. The first kappa shape index (κ1) is 15.1. The average molecular weight is 289 g/mol. The second-order valence-electron chi connectivity index (χ2n) is 4.66. The summed E-state index contributed by atoms with van der Waals surface area (Å²) in [5.41, 5.74) is 1.11. The van der Waals surface area contributed by atoms with Crippen molar-refractivity contribution in [2.24, 2.45) is 0 Å². The molecule has 0 aliphatic heterocycles. The van der Waals surface area contributed by atoms with Crippen molar-refractivity contribution >= 4 is 5.69 Å². The van der Waals surface area contributed by atoms with Crippen LogP contribution in [0.1, 0.15) is 18.2 Å². The van der Waals surface area contributed by atoms with Gasteiger partial charge in [-0.3, -0.25) is 20.0 Å². The van der Waals surface area contributed by atoms with E-state index in [1.54, 1.807) is 6.20 Å². The van der Waals surface area contributed by atoms with E-state index in [0.29, 0.717) is 18.7 Å². The molecule has 0 unspecified atom stereocenters. The van der Waals surface area contributed by atoms with Crippen molar-refractivity contribution in [1.29, 1.82) is 0 Å². The monoisotopic (exact) mass is 289 g/mol. The summed E-state index contributed by atoms with van der Waals surface area (Å²) >= 11 is 0. The van der Waals surface area contributed by atoms with Crippen LogP contribution in [0.25, 0.3) is 0 Å². The molecule has 5 nitrogen and oxygen atoms in total. The fourth-order valence-corrected chi connectivity index (χ4v) is 2.02. The molecule has 21 heavy (non-hydrogen) atoms. The second-order valence-corrected chi connectivity index (χ2v) is 4.66. The van der Waals surface area contributed by atoms with Crippen LogP contribution in [0.4, 0.5) is 10.1 Å². The number of aromatic nitrogens is 1. The van der Waals surface area contributed by atoms with Crippen molar-refractivity contribution in [2.75, 3.05) is 6.54 Å². The molecule has 1 aromatic heterocycles. The fraction of sp³-hybridized carbons (Fsp3) is 0.267. The van der Waals surface area contributed by atoms with Gasteiger partial charge in [-0.2, -0.15) is 0 Å². The first-order valence-corrected chi connectivity index (χ1v) is 6.65. The van der Waals surface area contributed by atoms with Crippen molar-refractivity contribution in [2.45, 2.75) is 20.0 Å². The van der Waals surface area contributed by atoms with Crippen LogP contribution in [-0.2, 0) is 13.1 Å². The van der Waals surface area contributed by atoms with Crippen LogP contribution in [-0.4, -0.2) is 21.4 Å². The minimum Gasteiger partial charge on any atom is -0.293 e. The number of benzene rings is 1. The maximum absolute atomic E-state index is 13.9. The molecule has 0 radical (unpaired) electrons. The Bertz CT molecular complexity index is 620. The van der Waals surface area contributed by atoms with Crippen molar-refractivity contribution in [3.8, 4) is 0 Å². The van der Waals surface area contributed by atoms with E-state index in [9.17, 15) is 14.5 Å². The molecular weight excluding hydrogens is 273 g/mol. The first-order valence-electron chi connectivity index (χ1n) is 6.65. The van der Waals surface area contributed by atoms with Gasteiger partial charge in [0.15, 0.2) is 0 Å². The van der Waals surface area contributed by atoms with E-state index in [-0.39, 0.29) is 5.69 Å². The highest BCUT2D eigenvalue weighted by Gasteiger charge is 2.13. The van der Waals surface area contributed by atoms with Crippen LogP contribution in [0.5, 0.6) is 0 Å². The van der Waals surface area contributed by atoms with Gasteiger partial charge in [0.1, 0.15) is 5.82 Å². The zero-order valence-electron chi connectivity index (χ0n) is 11.7. The van der Waals surface area contributed by atoms with Crippen molar-refractivity contribution < 1.29 is 9.31 Å². The third kappa shape index (κ3) is 4.06. The van der Waals surface area contributed by atoms with Crippen LogP contribution in [0, 0.1) is 15.9 Å². The number of non-ortho nitro benzene ring substituents is 1. The van der Waals surface area contributed by atoms with E-state index >= 15 is 0 Å². The zero-order chi connectivity index (χ0) is 15.2. The van der Waals surface area contributed by atoms with E-state index < -0.39 is 10.7 Å². The van der Waals surface area contributed by atoms with Gasteiger partial charge in [-0.1, -0.05) is 13.0 Å². The molecule has 0 amide bonds. The summed E-state index contributed by atoms with van der Waals surface area (Å²) in [6.07, 6.45) is 1.72. The SMILES string of the molecule is CCN(Cc1ccccn1)Cc1ccc([N+](=O)[O-])cc1F. The predicted molar refractivity (Wildman–Crippen MR) is 77.1 cm³/mol. The largest absolute Gasteiger partial charge is 0.293 e. The predicted octanol–water partition coefficient (Wildman–Crippen LogP) is 3.15. The molecule has 0 aliphatic rings. The van der Waals surface area contributed by atoms with Crippen LogP contribution < -0.4 is 0 Å². The highest BCUT2D eigenvalue weighted by molar-refractivity contribution is 5.34. The van der Waals surface area contributed by atoms with E-state index in [1.165, 1.54) is 12.1 Å². The molecule has 0 saturated carbocycles. The Morgan fingerprint density at radius 3 is 2.67 bits per heavy atom. The van der Waals surface area contributed by atoms with Gasteiger partial charge in [0.2, 0.25) is 0 Å². The summed E-state index contributed by atoms with van der Waals surface area (Å²) in [6.45, 7) is 3.70. The van der Waals surface area contributed by atoms with Gasteiger partial charge in [-0.25, -0.2) is 4.39 Å². The lowest BCUT2D eigenvalue weighted by atomic mass is 10.1.